The molecule has 0 atom stereocenters. The van der Waals surface area contributed by atoms with Gasteiger partial charge in [0.1, 0.15) is 4.83 Å². The van der Waals surface area contributed by atoms with Crippen LogP contribution in [0.1, 0.15) is 5.56 Å². The molecule has 3 rings (SSSR count). The Kier molecular flexibility index (Phi) is 3.04. The van der Waals surface area contributed by atoms with E-state index in [0.29, 0.717) is 12.5 Å². The Morgan fingerprint density at radius 3 is 2.94 bits per heavy atom. The molecule has 0 radical (unpaired) electrons. The minimum Gasteiger partial charge on any atom is -0.350 e. The van der Waals surface area contributed by atoms with Crippen LogP contribution in [-0.4, -0.2) is 15.0 Å². The first-order valence-electron chi connectivity index (χ1n) is 5.45. The van der Waals surface area contributed by atoms with Crippen molar-refractivity contribution in [3.05, 3.63) is 46.0 Å². The molecule has 0 aliphatic rings. The number of benzene rings is 1. The average Bonchev–Trinajstić information content (AvgIpc) is 2.77. The number of nitrogens with one attached hydrogen (secondary N) is 2. The molecule has 0 aliphatic heterocycles. The molecule has 2 heterocycles. The van der Waals surface area contributed by atoms with E-state index in [1.165, 1.54) is 16.9 Å². The van der Waals surface area contributed by atoms with Gasteiger partial charge >= 0.3 is 0 Å². The molecule has 90 valence electrons. The van der Waals surface area contributed by atoms with Gasteiger partial charge in [-0.15, -0.1) is 0 Å². The summed E-state index contributed by atoms with van der Waals surface area (Å²) in [4.78, 5) is 12.6. The van der Waals surface area contributed by atoms with Crippen molar-refractivity contribution >= 4 is 39.9 Å². The average molecular weight is 274 g/mol. The van der Waals surface area contributed by atoms with E-state index in [4.69, 9.17) is 12.2 Å². The van der Waals surface area contributed by atoms with E-state index in [0.717, 1.165) is 14.3 Å². The van der Waals surface area contributed by atoms with Crippen LogP contribution in [0.25, 0.3) is 10.3 Å². The molecule has 0 aliphatic carbocycles. The van der Waals surface area contributed by atoms with Gasteiger partial charge < -0.3 is 10.3 Å². The number of aromatic nitrogens is 3. The highest BCUT2D eigenvalue weighted by atomic mass is 32.1. The van der Waals surface area contributed by atoms with E-state index in [9.17, 15) is 0 Å². The van der Waals surface area contributed by atoms with E-state index in [1.54, 1.807) is 6.20 Å². The quantitative estimate of drug-likeness (QED) is 0.719. The Bertz CT molecular complexity index is 718. The fourth-order valence-electron chi connectivity index (χ4n) is 1.62. The maximum absolute atomic E-state index is 5.07. The van der Waals surface area contributed by atoms with Crippen molar-refractivity contribution < 1.29 is 0 Å². The third-order valence-corrected chi connectivity index (χ3v) is 3.62. The van der Waals surface area contributed by atoms with Crippen LogP contribution < -0.4 is 5.32 Å². The SMILES string of the molecule is S=c1[nH]c2cnc(NCc3ccccc3)nc2s1. The summed E-state index contributed by atoms with van der Waals surface area (Å²) in [6, 6.07) is 10.1. The van der Waals surface area contributed by atoms with Gasteiger partial charge in [0.2, 0.25) is 5.95 Å². The summed E-state index contributed by atoms with van der Waals surface area (Å²) in [5, 5.41) is 3.20. The first kappa shape index (κ1) is 11.3. The second kappa shape index (κ2) is 4.83. The van der Waals surface area contributed by atoms with Crippen LogP contribution in [0.3, 0.4) is 0 Å². The molecule has 3 aromatic rings. The zero-order valence-corrected chi connectivity index (χ0v) is 11.0. The van der Waals surface area contributed by atoms with E-state index in [2.05, 4.69) is 32.4 Å². The monoisotopic (exact) mass is 274 g/mol. The zero-order chi connectivity index (χ0) is 12.4. The number of thiazole rings is 1. The first-order chi connectivity index (χ1) is 8.81. The maximum atomic E-state index is 5.07. The number of nitrogens with zero attached hydrogens (tertiary/aromatic N) is 2. The van der Waals surface area contributed by atoms with Crippen molar-refractivity contribution in [3.63, 3.8) is 0 Å². The third-order valence-electron chi connectivity index (χ3n) is 2.47. The molecule has 0 saturated heterocycles. The summed E-state index contributed by atoms with van der Waals surface area (Å²) < 4.78 is 0.722. The number of aromatic amines is 1. The molecule has 2 N–H and O–H groups in total. The van der Waals surface area contributed by atoms with Gasteiger partial charge in [-0.2, -0.15) is 0 Å². The predicted molar refractivity (Wildman–Crippen MR) is 76.4 cm³/mol. The summed E-state index contributed by atoms with van der Waals surface area (Å²) >= 11 is 6.53. The Morgan fingerprint density at radius 1 is 1.28 bits per heavy atom. The van der Waals surface area contributed by atoms with Crippen LogP contribution in [-0.2, 0) is 6.54 Å². The molecule has 0 spiro atoms. The lowest BCUT2D eigenvalue weighted by Gasteiger charge is -2.03. The lowest BCUT2D eigenvalue weighted by Crippen LogP contribution is -2.02. The lowest BCUT2D eigenvalue weighted by atomic mass is 10.2. The summed E-state index contributed by atoms with van der Waals surface area (Å²) in [6.07, 6.45) is 1.75. The predicted octanol–water partition coefficient (Wildman–Crippen LogP) is 3.36. The molecule has 0 saturated carbocycles. The molecule has 4 nitrogen and oxygen atoms in total. The van der Waals surface area contributed by atoms with Gasteiger partial charge in [-0.25, -0.2) is 9.97 Å². The largest absolute Gasteiger partial charge is 0.350 e. The van der Waals surface area contributed by atoms with E-state index in [1.807, 2.05) is 18.2 Å². The normalized spacial score (nSPS) is 10.7. The Labute approximate surface area is 113 Å². The van der Waals surface area contributed by atoms with Gasteiger partial charge in [0.15, 0.2) is 3.95 Å². The molecule has 18 heavy (non-hydrogen) atoms. The van der Waals surface area contributed by atoms with E-state index in [-0.39, 0.29) is 0 Å². The van der Waals surface area contributed by atoms with Gasteiger partial charge in [0.05, 0.1) is 11.7 Å². The van der Waals surface area contributed by atoms with Crippen molar-refractivity contribution in [1.29, 1.82) is 0 Å². The van der Waals surface area contributed by atoms with Gasteiger partial charge in [0.25, 0.3) is 0 Å². The summed E-state index contributed by atoms with van der Waals surface area (Å²) in [5.74, 6) is 0.622. The van der Waals surface area contributed by atoms with E-state index >= 15 is 0 Å². The second-order valence-electron chi connectivity index (χ2n) is 3.77. The van der Waals surface area contributed by atoms with Crippen LogP contribution in [0.5, 0.6) is 0 Å². The van der Waals surface area contributed by atoms with Crippen molar-refractivity contribution in [1.82, 2.24) is 15.0 Å². The number of hydrogen-bond donors (Lipinski definition) is 2. The molecule has 0 amide bonds. The highest BCUT2D eigenvalue weighted by Crippen LogP contribution is 2.17. The van der Waals surface area contributed by atoms with Gasteiger partial charge in [0, 0.05) is 6.54 Å². The fourth-order valence-corrected chi connectivity index (χ4v) is 2.64. The standard InChI is InChI=1S/C12H10N4S2/c17-12-15-9-7-14-11(16-10(9)18-12)13-6-8-4-2-1-3-5-8/h1-5,7H,6H2,(H,15,17)(H,13,14,16). The third kappa shape index (κ3) is 2.39. The van der Waals surface area contributed by atoms with Crippen LogP contribution in [0.4, 0.5) is 5.95 Å². The number of anilines is 1. The first-order valence-corrected chi connectivity index (χ1v) is 6.67. The van der Waals surface area contributed by atoms with Crippen molar-refractivity contribution in [2.75, 3.05) is 5.32 Å². The van der Waals surface area contributed by atoms with Crippen LogP contribution in [0.15, 0.2) is 36.5 Å². The summed E-state index contributed by atoms with van der Waals surface area (Å²) in [6.45, 7) is 0.710. The fraction of sp³-hybridized carbons (Fsp3) is 0.0833. The molecule has 1 aromatic carbocycles. The van der Waals surface area contributed by atoms with Crippen LogP contribution in [0, 0.1) is 3.95 Å². The van der Waals surface area contributed by atoms with Crippen LogP contribution in [0.2, 0.25) is 0 Å². The molecular weight excluding hydrogens is 264 g/mol. The van der Waals surface area contributed by atoms with Gasteiger partial charge in [-0.1, -0.05) is 41.7 Å². The lowest BCUT2D eigenvalue weighted by molar-refractivity contribution is 1.07. The highest BCUT2D eigenvalue weighted by molar-refractivity contribution is 7.73. The molecule has 6 heteroatoms. The number of hydrogen-bond acceptors (Lipinski definition) is 5. The van der Waals surface area contributed by atoms with E-state index < -0.39 is 0 Å². The number of fused-ring (bicyclic) bond motifs is 1. The topological polar surface area (TPSA) is 53.6 Å². The number of rotatable bonds is 3. The summed E-state index contributed by atoms with van der Waals surface area (Å²) in [7, 11) is 0. The Balaban J connectivity index is 1.80. The van der Waals surface area contributed by atoms with Crippen molar-refractivity contribution in [2.24, 2.45) is 0 Å². The van der Waals surface area contributed by atoms with Crippen molar-refractivity contribution in [3.8, 4) is 0 Å². The highest BCUT2D eigenvalue weighted by Gasteiger charge is 2.02. The van der Waals surface area contributed by atoms with Crippen molar-refractivity contribution in [2.45, 2.75) is 6.54 Å². The molecular formula is C12H10N4S2. The van der Waals surface area contributed by atoms with Crippen LogP contribution >= 0.6 is 23.6 Å². The zero-order valence-electron chi connectivity index (χ0n) is 9.38. The second-order valence-corrected chi connectivity index (χ2v) is 5.43. The Morgan fingerprint density at radius 2 is 2.11 bits per heavy atom. The minimum atomic E-state index is 0.622. The number of H-pyrrole nitrogens is 1. The molecule has 0 fully saturated rings. The molecule has 2 aromatic heterocycles. The minimum absolute atomic E-state index is 0.622. The Hall–Kier alpha value is -1.79. The maximum Gasteiger partial charge on any atom is 0.224 e. The van der Waals surface area contributed by atoms with Gasteiger partial charge in [-0.05, 0) is 17.8 Å². The smallest absolute Gasteiger partial charge is 0.224 e. The van der Waals surface area contributed by atoms with Gasteiger partial charge in [-0.3, -0.25) is 0 Å². The summed E-state index contributed by atoms with van der Waals surface area (Å²) in [5.41, 5.74) is 2.08. The molecule has 0 bridgehead atoms. The molecule has 0 unspecified atom stereocenters.